The van der Waals surface area contributed by atoms with Crippen LogP contribution in [0, 0.1) is 12.8 Å². The Kier molecular flexibility index (Phi) is 4.54. The molecule has 1 aliphatic carbocycles. The summed E-state index contributed by atoms with van der Waals surface area (Å²) >= 11 is 7.48. The van der Waals surface area contributed by atoms with E-state index in [0.29, 0.717) is 15.8 Å². The predicted octanol–water partition coefficient (Wildman–Crippen LogP) is 3.38. The zero-order chi connectivity index (χ0) is 14.0. The number of aryl methyl sites for hydroxylation is 1. The molecule has 0 aliphatic heterocycles. The molecule has 1 saturated carbocycles. The van der Waals surface area contributed by atoms with E-state index in [9.17, 15) is 9.90 Å². The Balaban J connectivity index is 2.10. The lowest BCUT2D eigenvalue weighted by Crippen LogP contribution is -2.53. The van der Waals surface area contributed by atoms with E-state index in [-0.39, 0.29) is 12.5 Å². The summed E-state index contributed by atoms with van der Waals surface area (Å²) in [5.74, 6) is 0.510. The van der Waals surface area contributed by atoms with Crippen molar-refractivity contribution >= 4 is 28.8 Å². The molecule has 1 aromatic heterocycles. The van der Waals surface area contributed by atoms with Gasteiger partial charge in [0.15, 0.2) is 0 Å². The number of rotatable bonds is 3. The molecule has 5 heteroatoms. The Morgan fingerprint density at radius 3 is 2.68 bits per heavy atom. The summed E-state index contributed by atoms with van der Waals surface area (Å²) in [5.41, 5.74) is 0.456. The average molecular weight is 302 g/mol. The highest BCUT2D eigenvalue weighted by molar-refractivity contribution is 7.13. The first kappa shape index (κ1) is 14.8. The minimum atomic E-state index is -0.467. The quantitative estimate of drug-likeness (QED) is 0.899. The molecular weight excluding hydrogens is 282 g/mol. The first-order valence-corrected chi connectivity index (χ1v) is 7.90. The largest absolute Gasteiger partial charge is 0.394 e. The molecule has 106 valence electrons. The SMILES string of the molecule is Cc1csc(C(=O)NC2(CO)CCC(C)CC2)c1Cl. The van der Waals surface area contributed by atoms with Gasteiger partial charge in [0.2, 0.25) is 0 Å². The fourth-order valence-electron chi connectivity index (χ4n) is 2.52. The maximum Gasteiger partial charge on any atom is 0.263 e. The van der Waals surface area contributed by atoms with Crippen LogP contribution in [0.5, 0.6) is 0 Å². The maximum absolute atomic E-state index is 12.3. The minimum Gasteiger partial charge on any atom is -0.394 e. The first-order chi connectivity index (χ1) is 8.97. The van der Waals surface area contributed by atoms with Crippen molar-refractivity contribution in [2.75, 3.05) is 6.61 Å². The number of hydrogen-bond acceptors (Lipinski definition) is 3. The molecule has 1 aliphatic rings. The van der Waals surface area contributed by atoms with Gasteiger partial charge >= 0.3 is 0 Å². The van der Waals surface area contributed by atoms with Crippen LogP contribution in [0.4, 0.5) is 0 Å². The van der Waals surface area contributed by atoms with Gasteiger partial charge in [0.1, 0.15) is 4.88 Å². The summed E-state index contributed by atoms with van der Waals surface area (Å²) in [6.45, 7) is 4.09. The van der Waals surface area contributed by atoms with Crippen molar-refractivity contribution in [3.05, 3.63) is 20.8 Å². The number of thiophene rings is 1. The Labute approximate surface area is 123 Å². The third-order valence-electron chi connectivity index (χ3n) is 4.02. The van der Waals surface area contributed by atoms with Crippen molar-refractivity contribution in [3.8, 4) is 0 Å². The van der Waals surface area contributed by atoms with Crippen LogP contribution < -0.4 is 5.32 Å². The van der Waals surface area contributed by atoms with E-state index >= 15 is 0 Å². The van der Waals surface area contributed by atoms with Gasteiger partial charge in [0, 0.05) is 0 Å². The molecule has 3 nitrogen and oxygen atoms in total. The van der Waals surface area contributed by atoms with Crippen molar-refractivity contribution in [1.82, 2.24) is 5.32 Å². The van der Waals surface area contributed by atoms with Crippen LogP contribution >= 0.6 is 22.9 Å². The molecule has 1 fully saturated rings. The highest BCUT2D eigenvalue weighted by Crippen LogP contribution is 2.33. The lowest BCUT2D eigenvalue weighted by atomic mass is 9.77. The molecule has 2 rings (SSSR count). The summed E-state index contributed by atoms with van der Waals surface area (Å²) in [6.07, 6.45) is 3.74. The molecule has 0 saturated heterocycles. The van der Waals surface area contributed by atoms with Gasteiger partial charge in [0.25, 0.3) is 5.91 Å². The molecule has 0 aromatic carbocycles. The van der Waals surface area contributed by atoms with Gasteiger partial charge in [-0.2, -0.15) is 0 Å². The maximum atomic E-state index is 12.3. The van der Waals surface area contributed by atoms with Crippen molar-refractivity contribution < 1.29 is 9.90 Å². The molecule has 0 spiro atoms. The molecule has 0 atom stereocenters. The van der Waals surface area contributed by atoms with Gasteiger partial charge in [-0.1, -0.05) is 18.5 Å². The normalized spacial score (nSPS) is 27.3. The van der Waals surface area contributed by atoms with Crippen LogP contribution in [0.2, 0.25) is 5.02 Å². The van der Waals surface area contributed by atoms with E-state index < -0.39 is 5.54 Å². The number of amides is 1. The van der Waals surface area contributed by atoms with Crippen molar-refractivity contribution in [1.29, 1.82) is 0 Å². The lowest BCUT2D eigenvalue weighted by Gasteiger charge is -2.38. The highest BCUT2D eigenvalue weighted by atomic mass is 35.5. The van der Waals surface area contributed by atoms with Crippen LogP contribution in [0.3, 0.4) is 0 Å². The summed E-state index contributed by atoms with van der Waals surface area (Å²) in [6, 6.07) is 0. The monoisotopic (exact) mass is 301 g/mol. The first-order valence-electron chi connectivity index (χ1n) is 6.64. The van der Waals surface area contributed by atoms with Crippen LogP contribution in [0.1, 0.15) is 47.8 Å². The molecule has 19 heavy (non-hydrogen) atoms. The number of carbonyl (C=O) groups excluding carboxylic acids is 1. The Morgan fingerprint density at radius 1 is 1.58 bits per heavy atom. The average Bonchev–Trinajstić information content (AvgIpc) is 2.73. The van der Waals surface area contributed by atoms with E-state index in [1.807, 2.05) is 12.3 Å². The number of aliphatic hydroxyl groups is 1. The van der Waals surface area contributed by atoms with Gasteiger partial charge in [0.05, 0.1) is 17.2 Å². The zero-order valence-corrected chi connectivity index (χ0v) is 12.9. The standard InChI is InChI=1S/C14H20ClNO2S/c1-9-3-5-14(8-17,6-4-9)16-13(18)12-11(15)10(2)7-19-12/h7,9,17H,3-6,8H2,1-2H3,(H,16,18). The summed E-state index contributed by atoms with van der Waals surface area (Å²) < 4.78 is 0. The van der Waals surface area contributed by atoms with Crippen molar-refractivity contribution in [3.63, 3.8) is 0 Å². The number of carbonyl (C=O) groups is 1. The topological polar surface area (TPSA) is 49.3 Å². The fraction of sp³-hybridized carbons (Fsp3) is 0.643. The molecule has 0 bridgehead atoms. The lowest BCUT2D eigenvalue weighted by molar-refractivity contribution is 0.0721. The molecule has 1 aromatic rings. The van der Waals surface area contributed by atoms with Crippen molar-refractivity contribution in [2.45, 2.75) is 45.1 Å². The van der Waals surface area contributed by atoms with Crippen LogP contribution in [0.15, 0.2) is 5.38 Å². The number of aliphatic hydroxyl groups excluding tert-OH is 1. The van der Waals surface area contributed by atoms with Gasteiger partial charge in [-0.25, -0.2) is 0 Å². The van der Waals surface area contributed by atoms with Crippen LogP contribution in [0.25, 0.3) is 0 Å². The number of nitrogens with one attached hydrogen (secondary N) is 1. The summed E-state index contributed by atoms with van der Waals surface area (Å²) in [7, 11) is 0. The predicted molar refractivity (Wildman–Crippen MR) is 79.0 cm³/mol. The van der Waals surface area contributed by atoms with E-state index in [4.69, 9.17) is 11.6 Å². The Morgan fingerprint density at radius 2 is 2.21 bits per heavy atom. The number of halogens is 1. The van der Waals surface area contributed by atoms with E-state index in [2.05, 4.69) is 12.2 Å². The van der Waals surface area contributed by atoms with E-state index in [1.165, 1.54) is 11.3 Å². The van der Waals surface area contributed by atoms with Crippen LogP contribution in [-0.2, 0) is 0 Å². The second-order valence-electron chi connectivity index (χ2n) is 5.64. The number of hydrogen-bond donors (Lipinski definition) is 2. The molecule has 1 amide bonds. The molecule has 2 N–H and O–H groups in total. The summed E-state index contributed by atoms with van der Waals surface area (Å²) in [5, 5.41) is 15.1. The molecule has 1 heterocycles. The molecule has 0 unspecified atom stereocenters. The Hall–Kier alpha value is -0.580. The second kappa shape index (κ2) is 5.81. The van der Waals surface area contributed by atoms with Crippen molar-refractivity contribution in [2.24, 2.45) is 5.92 Å². The van der Waals surface area contributed by atoms with Crippen LogP contribution in [-0.4, -0.2) is 23.2 Å². The summed E-state index contributed by atoms with van der Waals surface area (Å²) in [4.78, 5) is 12.8. The van der Waals surface area contributed by atoms with Gasteiger partial charge in [-0.3, -0.25) is 4.79 Å². The van der Waals surface area contributed by atoms with Gasteiger partial charge in [-0.15, -0.1) is 11.3 Å². The minimum absolute atomic E-state index is 0.00651. The van der Waals surface area contributed by atoms with Gasteiger partial charge in [-0.05, 0) is 49.5 Å². The van der Waals surface area contributed by atoms with E-state index in [1.54, 1.807) is 0 Å². The highest BCUT2D eigenvalue weighted by Gasteiger charge is 2.35. The third-order valence-corrected chi connectivity index (χ3v) is 5.71. The smallest absolute Gasteiger partial charge is 0.263 e. The molecule has 0 radical (unpaired) electrons. The second-order valence-corrected chi connectivity index (χ2v) is 6.89. The fourth-order valence-corrected chi connectivity index (χ4v) is 3.69. The third kappa shape index (κ3) is 3.12. The Bertz CT molecular complexity index is 464. The molecular formula is C14H20ClNO2S. The zero-order valence-electron chi connectivity index (χ0n) is 11.3. The van der Waals surface area contributed by atoms with E-state index in [0.717, 1.165) is 31.2 Å². The van der Waals surface area contributed by atoms with Gasteiger partial charge < -0.3 is 10.4 Å².